The second-order valence-corrected chi connectivity index (χ2v) is 4.09. The van der Waals surface area contributed by atoms with Gasteiger partial charge < -0.3 is 19.4 Å². The van der Waals surface area contributed by atoms with Crippen molar-refractivity contribution in [2.75, 3.05) is 5.33 Å². The largest absolute Gasteiger partial charge is 0.460 e. The van der Waals surface area contributed by atoms with E-state index in [0.29, 0.717) is 17.7 Å². The number of esters is 1. The Labute approximate surface area is 106 Å². The molecule has 0 amide bonds. The molecule has 1 aromatic heterocycles. The van der Waals surface area contributed by atoms with Crippen molar-refractivity contribution in [3.63, 3.8) is 0 Å². The van der Waals surface area contributed by atoms with Crippen molar-refractivity contribution in [3.05, 3.63) is 22.1 Å². The Hall–Kier alpha value is -1.44. The van der Waals surface area contributed by atoms with Crippen LogP contribution in [0.2, 0.25) is 0 Å². The average molecular weight is 306 g/mol. The molecule has 0 aliphatic heterocycles. The third-order valence-electron chi connectivity index (χ3n) is 2.06. The van der Waals surface area contributed by atoms with Crippen LogP contribution < -0.4 is 0 Å². The highest BCUT2D eigenvalue weighted by atomic mass is 79.9. The number of carbonyl (C=O) groups is 1. The lowest BCUT2D eigenvalue weighted by Crippen LogP contribution is -2.24. The lowest BCUT2D eigenvalue weighted by molar-refractivity contribution is -0.389. The third kappa shape index (κ3) is 3.81. The first-order chi connectivity index (χ1) is 7.93. The molecule has 1 rings (SSSR count). The van der Waals surface area contributed by atoms with Gasteiger partial charge in [0.05, 0.1) is 6.54 Å². The van der Waals surface area contributed by atoms with E-state index >= 15 is 0 Å². The molecular weight excluding hydrogens is 294 g/mol. The maximum atomic E-state index is 10.8. The summed E-state index contributed by atoms with van der Waals surface area (Å²) in [5.74, 6) is -0.0878. The van der Waals surface area contributed by atoms with Gasteiger partial charge in [0.25, 0.3) is 0 Å². The lowest BCUT2D eigenvalue weighted by atomic mass is 10.4. The number of nitrogens with zero attached hydrogens (tertiary/aromatic N) is 3. The Bertz CT molecular complexity index is 432. The van der Waals surface area contributed by atoms with E-state index < -0.39 is 4.92 Å². The first kappa shape index (κ1) is 13.6. The zero-order valence-electron chi connectivity index (χ0n) is 9.42. The minimum atomic E-state index is -0.557. The van der Waals surface area contributed by atoms with Crippen molar-refractivity contribution < 1.29 is 14.5 Å². The molecule has 7 nitrogen and oxygen atoms in total. The molecule has 8 heteroatoms. The zero-order chi connectivity index (χ0) is 13.0. The van der Waals surface area contributed by atoms with E-state index in [1.54, 1.807) is 11.5 Å². The highest BCUT2D eigenvalue weighted by molar-refractivity contribution is 9.09. The van der Waals surface area contributed by atoms with Gasteiger partial charge in [0, 0.05) is 19.2 Å². The number of halogens is 1. The van der Waals surface area contributed by atoms with Gasteiger partial charge in [-0.05, 0) is 9.91 Å². The van der Waals surface area contributed by atoms with Crippen molar-refractivity contribution in [2.24, 2.45) is 0 Å². The number of hydrogen-bond acceptors (Lipinski definition) is 5. The summed E-state index contributed by atoms with van der Waals surface area (Å²) in [6.45, 7) is 3.31. The van der Waals surface area contributed by atoms with Crippen molar-refractivity contribution in [3.8, 4) is 0 Å². The molecule has 1 unspecified atom stereocenters. The van der Waals surface area contributed by atoms with Crippen LogP contribution in [0.15, 0.2) is 6.20 Å². The highest BCUT2D eigenvalue weighted by Gasteiger charge is 2.19. The van der Waals surface area contributed by atoms with E-state index in [0.717, 1.165) is 0 Å². The predicted octanol–water partition coefficient (Wildman–Crippen LogP) is 1.43. The maximum absolute atomic E-state index is 10.8. The average Bonchev–Trinajstić information content (AvgIpc) is 2.59. The quantitative estimate of drug-likeness (QED) is 0.355. The Morgan fingerprint density at radius 3 is 2.82 bits per heavy atom. The Morgan fingerprint density at radius 1 is 1.76 bits per heavy atom. The summed E-state index contributed by atoms with van der Waals surface area (Å²) in [5.41, 5.74) is 0. The van der Waals surface area contributed by atoms with Gasteiger partial charge in [-0.15, -0.1) is 0 Å². The molecule has 0 aliphatic carbocycles. The van der Waals surface area contributed by atoms with Crippen LogP contribution in [0.3, 0.4) is 0 Å². The van der Waals surface area contributed by atoms with Crippen LogP contribution in [0.1, 0.15) is 12.7 Å². The van der Waals surface area contributed by atoms with Gasteiger partial charge in [0.1, 0.15) is 12.3 Å². The lowest BCUT2D eigenvalue weighted by Gasteiger charge is -2.14. The van der Waals surface area contributed by atoms with Crippen molar-refractivity contribution >= 4 is 27.7 Å². The van der Waals surface area contributed by atoms with Crippen LogP contribution in [-0.4, -0.2) is 31.9 Å². The molecule has 94 valence electrons. The van der Waals surface area contributed by atoms with Gasteiger partial charge in [0.15, 0.2) is 0 Å². The van der Waals surface area contributed by atoms with E-state index in [9.17, 15) is 14.9 Å². The smallest absolute Gasteiger partial charge is 0.381 e. The summed E-state index contributed by atoms with van der Waals surface area (Å²) < 4.78 is 6.61. The van der Waals surface area contributed by atoms with E-state index in [-0.39, 0.29) is 17.9 Å². The number of carbonyl (C=O) groups excluding carboxylic acids is 1. The number of hydrogen-bond donors (Lipinski definition) is 0. The van der Waals surface area contributed by atoms with Crippen molar-refractivity contribution in [2.45, 2.75) is 26.5 Å². The van der Waals surface area contributed by atoms with Crippen molar-refractivity contribution in [1.29, 1.82) is 0 Å². The van der Waals surface area contributed by atoms with E-state index in [2.05, 4.69) is 20.9 Å². The van der Waals surface area contributed by atoms with E-state index in [4.69, 9.17) is 4.74 Å². The minimum absolute atomic E-state index is 0.210. The molecular formula is C9H12BrN3O4. The molecule has 0 fully saturated rings. The van der Waals surface area contributed by atoms with Gasteiger partial charge in [-0.25, -0.2) is 0 Å². The monoisotopic (exact) mass is 305 g/mol. The van der Waals surface area contributed by atoms with Crippen LogP contribution in [0.5, 0.6) is 0 Å². The first-order valence-electron chi connectivity index (χ1n) is 4.85. The van der Waals surface area contributed by atoms with Crippen LogP contribution in [0.4, 0.5) is 5.82 Å². The van der Waals surface area contributed by atoms with E-state index in [1.807, 2.05) is 0 Å². The maximum Gasteiger partial charge on any atom is 0.381 e. The second-order valence-electron chi connectivity index (χ2n) is 3.44. The van der Waals surface area contributed by atoms with Gasteiger partial charge in [-0.3, -0.25) is 4.79 Å². The normalized spacial score (nSPS) is 12.2. The molecule has 0 bridgehead atoms. The fourth-order valence-electron chi connectivity index (χ4n) is 1.34. The standard InChI is InChI=1S/C9H12BrN3O4/c1-6-11-9(13(15)16)5-12(6)4-8(3-10)17-7(2)14/h5,8H,3-4H2,1-2H3. The molecule has 1 heterocycles. The molecule has 0 aliphatic rings. The first-order valence-corrected chi connectivity index (χ1v) is 5.97. The number of aromatic nitrogens is 2. The summed E-state index contributed by atoms with van der Waals surface area (Å²) in [5, 5.41) is 11.0. The van der Waals surface area contributed by atoms with E-state index in [1.165, 1.54) is 13.1 Å². The second kappa shape index (κ2) is 5.76. The fourth-order valence-corrected chi connectivity index (χ4v) is 1.67. The summed E-state index contributed by atoms with van der Waals surface area (Å²) >= 11 is 3.22. The number of ether oxygens (including phenoxy) is 1. The summed E-state index contributed by atoms with van der Waals surface area (Å²) in [7, 11) is 0. The number of rotatable bonds is 5. The highest BCUT2D eigenvalue weighted by Crippen LogP contribution is 2.12. The molecule has 0 saturated heterocycles. The molecule has 1 atom stereocenters. The number of nitro groups is 1. The zero-order valence-corrected chi connectivity index (χ0v) is 11.0. The number of alkyl halides is 1. The number of aryl methyl sites for hydroxylation is 1. The molecule has 0 radical (unpaired) electrons. The van der Waals surface area contributed by atoms with Crippen molar-refractivity contribution in [1.82, 2.24) is 9.55 Å². The van der Waals surface area contributed by atoms with Gasteiger partial charge in [-0.2, -0.15) is 0 Å². The van der Waals surface area contributed by atoms with Crippen LogP contribution in [0.25, 0.3) is 0 Å². The molecule has 0 aromatic carbocycles. The van der Waals surface area contributed by atoms with Crippen LogP contribution in [-0.2, 0) is 16.1 Å². The Balaban J connectivity index is 2.79. The molecule has 0 N–H and O–H groups in total. The molecule has 1 aromatic rings. The Morgan fingerprint density at radius 2 is 2.41 bits per heavy atom. The topological polar surface area (TPSA) is 87.3 Å². The van der Waals surface area contributed by atoms with Crippen LogP contribution in [0, 0.1) is 17.0 Å². The predicted molar refractivity (Wildman–Crippen MR) is 63.0 cm³/mol. The van der Waals surface area contributed by atoms with Gasteiger partial charge in [0.2, 0.25) is 5.82 Å². The summed E-state index contributed by atoms with van der Waals surface area (Å²) in [6, 6.07) is 0. The fraction of sp³-hybridized carbons (Fsp3) is 0.556. The van der Waals surface area contributed by atoms with Crippen LogP contribution >= 0.6 is 15.9 Å². The minimum Gasteiger partial charge on any atom is -0.460 e. The SMILES string of the molecule is CC(=O)OC(CBr)Cn1cc([N+](=O)[O-])nc1C. The number of imidazole rings is 1. The summed E-state index contributed by atoms with van der Waals surface area (Å²) in [4.78, 5) is 24.6. The van der Waals surface area contributed by atoms with Gasteiger partial charge in [-0.1, -0.05) is 15.9 Å². The third-order valence-corrected chi connectivity index (χ3v) is 2.78. The summed E-state index contributed by atoms with van der Waals surface area (Å²) in [6.07, 6.45) is 0.953. The molecule has 17 heavy (non-hydrogen) atoms. The Kier molecular flexibility index (Phi) is 4.62. The molecule has 0 saturated carbocycles. The van der Waals surface area contributed by atoms with Gasteiger partial charge >= 0.3 is 11.8 Å². The molecule has 0 spiro atoms.